The molecule has 1 saturated heterocycles. The van der Waals surface area contributed by atoms with Crippen LogP contribution in [0.5, 0.6) is 0 Å². The number of hydrogen-bond acceptors (Lipinski definition) is 9. The lowest BCUT2D eigenvalue weighted by Crippen LogP contribution is -2.64. The largest absolute Gasteiger partial charge is 0.446 e. The summed E-state index contributed by atoms with van der Waals surface area (Å²) in [5.41, 5.74) is -0.166. The normalized spacial score (nSPS) is 37.3. The van der Waals surface area contributed by atoms with Gasteiger partial charge in [0, 0.05) is 62.1 Å². The first-order valence-corrected chi connectivity index (χ1v) is 23.5. The molecule has 0 aromatic carbocycles. The lowest BCUT2D eigenvalue weighted by atomic mass is 9.51. The SMILES string of the molecule is CN(C(=O)CCSC1CC(=O)N(CC2CCC(C(=O)NC3CCCC3)CC2)C1=O)C12CC3CC(C1)C(OO[C@@H]1CCCC(OC(=O)NC4CCCC4)C1)C(C3)C2. The number of ether oxygens (including phenoxy) is 1. The van der Waals surface area contributed by atoms with Gasteiger partial charge in [0.2, 0.25) is 23.6 Å². The van der Waals surface area contributed by atoms with Gasteiger partial charge in [-0.05, 0) is 126 Å². The molecule has 0 aromatic rings. The summed E-state index contributed by atoms with van der Waals surface area (Å²) in [6, 6.07) is 0.577. The van der Waals surface area contributed by atoms with E-state index in [0.717, 1.165) is 116 Å². The maximum Gasteiger partial charge on any atom is 0.407 e. The Labute approximate surface area is 337 Å². The maximum absolute atomic E-state index is 13.7. The highest BCUT2D eigenvalue weighted by molar-refractivity contribution is 8.00. The molecular weight excluding hydrogens is 733 g/mol. The van der Waals surface area contributed by atoms with E-state index in [4.69, 9.17) is 14.5 Å². The first-order chi connectivity index (χ1) is 27.1. The van der Waals surface area contributed by atoms with E-state index in [2.05, 4.69) is 10.6 Å². The number of imide groups is 1. The number of likely N-dealkylation sites (tertiary alicyclic amines) is 1. The predicted molar refractivity (Wildman–Crippen MR) is 211 cm³/mol. The quantitative estimate of drug-likeness (QED) is 0.115. The molecule has 312 valence electrons. The summed E-state index contributed by atoms with van der Waals surface area (Å²) in [5, 5.41) is 5.85. The lowest BCUT2D eigenvalue weighted by molar-refractivity contribution is -0.387. The Bertz CT molecular complexity index is 1430. The van der Waals surface area contributed by atoms with E-state index >= 15 is 0 Å². The fraction of sp³-hybridized carbons (Fsp3) is 0.884. The van der Waals surface area contributed by atoms with Crippen molar-refractivity contribution in [2.45, 2.75) is 189 Å². The van der Waals surface area contributed by atoms with E-state index in [1.807, 2.05) is 11.9 Å². The average molecular weight is 799 g/mol. The van der Waals surface area contributed by atoms with Gasteiger partial charge in [0.25, 0.3) is 0 Å². The molecule has 9 aliphatic rings. The van der Waals surface area contributed by atoms with Crippen molar-refractivity contribution >= 4 is 41.5 Å². The van der Waals surface area contributed by atoms with Gasteiger partial charge in [-0.2, -0.15) is 0 Å². The topological polar surface area (TPSA) is 144 Å². The minimum Gasteiger partial charge on any atom is -0.446 e. The van der Waals surface area contributed by atoms with Crippen LogP contribution in [0.4, 0.5) is 4.79 Å². The molecule has 1 heterocycles. The fourth-order valence-corrected chi connectivity index (χ4v) is 13.4. The van der Waals surface area contributed by atoms with Crippen LogP contribution in [0.3, 0.4) is 0 Å². The minimum absolute atomic E-state index is 0.0238. The van der Waals surface area contributed by atoms with Crippen molar-refractivity contribution in [1.29, 1.82) is 0 Å². The van der Waals surface area contributed by atoms with Gasteiger partial charge in [-0.3, -0.25) is 24.1 Å². The van der Waals surface area contributed by atoms with Crippen LogP contribution < -0.4 is 10.6 Å². The number of carbonyl (C=O) groups is 5. The van der Waals surface area contributed by atoms with Gasteiger partial charge in [0.1, 0.15) is 6.10 Å². The monoisotopic (exact) mass is 798 g/mol. The summed E-state index contributed by atoms with van der Waals surface area (Å²) in [7, 11) is 1.97. The van der Waals surface area contributed by atoms with Crippen LogP contribution in [0.2, 0.25) is 0 Å². The summed E-state index contributed by atoms with van der Waals surface area (Å²) >= 11 is 1.45. The Morgan fingerprint density at radius 1 is 0.786 bits per heavy atom. The number of nitrogens with one attached hydrogen (secondary N) is 2. The number of nitrogens with zero attached hydrogens (tertiary/aromatic N) is 2. The summed E-state index contributed by atoms with van der Waals surface area (Å²) in [5.74, 6) is 2.15. The third kappa shape index (κ3) is 9.24. The molecule has 5 atom stereocenters. The van der Waals surface area contributed by atoms with Crippen molar-refractivity contribution in [3.63, 3.8) is 0 Å². The van der Waals surface area contributed by atoms with Crippen LogP contribution in [0, 0.1) is 29.6 Å². The first-order valence-electron chi connectivity index (χ1n) is 22.4. The zero-order valence-corrected chi connectivity index (χ0v) is 34.4. The van der Waals surface area contributed by atoms with Crippen molar-refractivity contribution in [3.8, 4) is 0 Å². The summed E-state index contributed by atoms with van der Waals surface area (Å²) in [4.78, 5) is 81.2. The van der Waals surface area contributed by atoms with E-state index in [0.29, 0.717) is 48.9 Å². The van der Waals surface area contributed by atoms with Gasteiger partial charge < -0.3 is 20.3 Å². The Kier molecular flexibility index (Phi) is 12.9. The molecule has 8 aliphatic carbocycles. The van der Waals surface area contributed by atoms with E-state index in [1.165, 1.54) is 29.5 Å². The molecule has 4 unspecified atom stereocenters. The van der Waals surface area contributed by atoms with Crippen molar-refractivity contribution in [3.05, 3.63) is 0 Å². The third-order valence-corrected chi connectivity index (χ3v) is 16.5. The van der Waals surface area contributed by atoms with Crippen LogP contribution in [0.1, 0.15) is 148 Å². The molecule has 12 nitrogen and oxygen atoms in total. The van der Waals surface area contributed by atoms with Crippen LogP contribution >= 0.6 is 11.8 Å². The smallest absolute Gasteiger partial charge is 0.407 e. The van der Waals surface area contributed by atoms with Gasteiger partial charge in [-0.15, -0.1) is 11.8 Å². The average Bonchev–Trinajstić information content (AvgIpc) is 3.95. The van der Waals surface area contributed by atoms with Crippen molar-refractivity contribution in [2.24, 2.45) is 29.6 Å². The third-order valence-electron chi connectivity index (χ3n) is 15.3. The first kappa shape index (κ1) is 40.4. The van der Waals surface area contributed by atoms with E-state index in [1.54, 1.807) is 0 Å². The number of amides is 5. The van der Waals surface area contributed by atoms with Crippen LogP contribution in [0.15, 0.2) is 0 Å². The molecule has 13 heteroatoms. The Morgan fingerprint density at radius 3 is 2.14 bits per heavy atom. The number of rotatable bonds is 14. The summed E-state index contributed by atoms with van der Waals surface area (Å²) in [6.45, 7) is 0.448. The molecule has 0 radical (unpaired) electrons. The Morgan fingerprint density at radius 2 is 1.45 bits per heavy atom. The molecule has 0 spiro atoms. The van der Waals surface area contributed by atoms with Crippen molar-refractivity contribution in [2.75, 3.05) is 19.3 Å². The standard InChI is InChI=1S/C43H66N4O8S/c1-46(37(48)17-18-56-36-22-38(49)47(41(36)51)26-27-13-15-29(16-14-27)40(50)44-32-7-2-3-8-32)43-23-28-19-30(24-43)39(31(20-28)25-43)55-54-35-12-6-11-34(21-35)53-42(52)45-33-9-4-5-10-33/h27-36,39H,2-26H2,1H3,(H,44,50)(H,45,52)/t27?,28?,29?,30?,31?,34?,35-,36?,39?,43?/m1/s1. The van der Waals surface area contributed by atoms with Gasteiger partial charge >= 0.3 is 6.09 Å². The highest BCUT2D eigenvalue weighted by Crippen LogP contribution is 2.58. The number of hydrogen-bond donors (Lipinski definition) is 2. The molecule has 9 fully saturated rings. The maximum atomic E-state index is 13.7. The predicted octanol–water partition coefficient (Wildman–Crippen LogP) is 6.44. The lowest BCUT2D eigenvalue weighted by Gasteiger charge is -2.61. The minimum atomic E-state index is -0.424. The molecule has 0 aromatic heterocycles. The van der Waals surface area contributed by atoms with Gasteiger partial charge in [0.15, 0.2) is 0 Å². The summed E-state index contributed by atoms with van der Waals surface area (Å²) in [6.07, 6.45) is 20.8. The molecule has 56 heavy (non-hydrogen) atoms. The van der Waals surface area contributed by atoms with E-state index in [9.17, 15) is 24.0 Å². The highest BCUT2D eigenvalue weighted by Gasteiger charge is 2.58. The van der Waals surface area contributed by atoms with Crippen LogP contribution in [-0.2, 0) is 33.7 Å². The molecule has 2 N–H and O–H groups in total. The Hall–Kier alpha value is -2.38. The Balaban J connectivity index is 0.749. The van der Waals surface area contributed by atoms with Crippen molar-refractivity contribution in [1.82, 2.24) is 20.4 Å². The second kappa shape index (κ2) is 17.9. The van der Waals surface area contributed by atoms with Crippen LogP contribution in [-0.4, -0.2) is 100 Å². The molecule has 4 bridgehead atoms. The van der Waals surface area contributed by atoms with Crippen molar-refractivity contribution < 1.29 is 38.5 Å². The van der Waals surface area contributed by atoms with Gasteiger partial charge in [0.05, 0.1) is 17.5 Å². The number of thioether (sulfide) groups is 1. The fourth-order valence-electron chi connectivity index (χ4n) is 12.3. The summed E-state index contributed by atoms with van der Waals surface area (Å²) < 4.78 is 5.79. The zero-order chi connectivity index (χ0) is 38.8. The second-order valence-corrected chi connectivity index (χ2v) is 20.4. The molecule has 8 saturated carbocycles. The van der Waals surface area contributed by atoms with E-state index in [-0.39, 0.29) is 77.9 Å². The molecule has 9 rings (SSSR count). The zero-order valence-electron chi connectivity index (χ0n) is 33.6. The molecule has 1 aliphatic heterocycles. The number of alkyl carbamates (subject to hydrolysis) is 1. The van der Waals surface area contributed by atoms with Crippen LogP contribution in [0.25, 0.3) is 0 Å². The highest BCUT2D eigenvalue weighted by atomic mass is 32.2. The second-order valence-electron chi connectivity index (χ2n) is 19.1. The molecular formula is C43H66N4O8S. The van der Waals surface area contributed by atoms with Gasteiger partial charge in [-0.25, -0.2) is 14.6 Å². The molecule has 5 amide bonds. The van der Waals surface area contributed by atoms with Gasteiger partial charge in [-0.1, -0.05) is 25.7 Å². The number of carbonyl (C=O) groups excluding carboxylic acids is 5. The van der Waals surface area contributed by atoms with E-state index < -0.39 is 5.25 Å².